The van der Waals surface area contributed by atoms with Gasteiger partial charge >= 0.3 is 0 Å². The van der Waals surface area contributed by atoms with E-state index in [1.165, 1.54) is 19.5 Å². The molecule has 14 heavy (non-hydrogen) atoms. The number of nitrogens with one attached hydrogen (secondary N) is 1. The van der Waals surface area contributed by atoms with Crippen molar-refractivity contribution in [3.63, 3.8) is 0 Å². The van der Waals surface area contributed by atoms with Gasteiger partial charge in [0, 0.05) is 18.6 Å². The smallest absolute Gasteiger partial charge is 0.0117 e. The van der Waals surface area contributed by atoms with Gasteiger partial charge in [-0.15, -0.1) is 0 Å². The zero-order valence-electron chi connectivity index (χ0n) is 10.4. The van der Waals surface area contributed by atoms with E-state index in [0.717, 1.165) is 17.9 Å². The summed E-state index contributed by atoms with van der Waals surface area (Å²) in [5.41, 5.74) is 0. The Morgan fingerprint density at radius 1 is 1.36 bits per heavy atom. The Labute approximate surface area is 89.1 Å². The molecule has 0 aromatic heterocycles. The van der Waals surface area contributed by atoms with Gasteiger partial charge in [0.25, 0.3) is 0 Å². The molecule has 84 valence electrons. The Balaban J connectivity index is 2.50. The highest BCUT2D eigenvalue weighted by atomic mass is 15.2. The maximum Gasteiger partial charge on any atom is 0.0117 e. The summed E-state index contributed by atoms with van der Waals surface area (Å²) < 4.78 is 0. The summed E-state index contributed by atoms with van der Waals surface area (Å²) in [5.74, 6) is 1.56. The van der Waals surface area contributed by atoms with Gasteiger partial charge in [-0.25, -0.2) is 0 Å². The third-order valence-electron chi connectivity index (χ3n) is 3.67. The Kier molecular flexibility index (Phi) is 4.39. The molecule has 1 aliphatic rings. The van der Waals surface area contributed by atoms with Gasteiger partial charge in [0.15, 0.2) is 0 Å². The van der Waals surface area contributed by atoms with Crippen LogP contribution in [0.15, 0.2) is 0 Å². The van der Waals surface area contributed by atoms with Crippen LogP contribution in [0.1, 0.15) is 34.1 Å². The zero-order valence-corrected chi connectivity index (χ0v) is 10.4. The summed E-state index contributed by atoms with van der Waals surface area (Å²) >= 11 is 0. The molecule has 0 aliphatic carbocycles. The van der Waals surface area contributed by atoms with Gasteiger partial charge in [0.2, 0.25) is 0 Å². The SMILES string of the molecule is CNC1CCN(CC(C)C)C(C)C1C. The van der Waals surface area contributed by atoms with Gasteiger partial charge in [-0.05, 0) is 38.8 Å². The van der Waals surface area contributed by atoms with E-state index >= 15 is 0 Å². The van der Waals surface area contributed by atoms with Crippen molar-refractivity contribution >= 4 is 0 Å². The Hall–Kier alpha value is -0.0800. The lowest BCUT2D eigenvalue weighted by Gasteiger charge is -2.43. The molecular formula is C12H26N2. The van der Waals surface area contributed by atoms with Crippen molar-refractivity contribution in [3.8, 4) is 0 Å². The van der Waals surface area contributed by atoms with Crippen LogP contribution in [0.25, 0.3) is 0 Å². The monoisotopic (exact) mass is 198 g/mol. The molecule has 0 saturated carbocycles. The van der Waals surface area contributed by atoms with Crippen molar-refractivity contribution < 1.29 is 0 Å². The summed E-state index contributed by atoms with van der Waals surface area (Å²) in [6, 6.07) is 1.44. The van der Waals surface area contributed by atoms with Crippen molar-refractivity contribution in [1.29, 1.82) is 0 Å². The summed E-state index contributed by atoms with van der Waals surface area (Å²) in [4.78, 5) is 2.64. The Bertz CT molecular complexity index is 168. The number of piperidine rings is 1. The van der Waals surface area contributed by atoms with Crippen LogP contribution in [0.3, 0.4) is 0 Å². The molecule has 0 radical (unpaired) electrons. The molecule has 2 nitrogen and oxygen atoms in total. The molecular weight excluding hydrogens is 172 g/mol. The summed E-state index contributed by atoms with van der Waals surface area (Å²) in [5, 5.41) is 3.43. The molecule has 1 rings (SSSR count). The molecule has 0 bridgehead atoms. The minimum Gasteiger partial charge on any atom is -0.317 e. The fourth-order valence-corrected chi connectivity index (χ4v) is 2.57. The first-order chi connectivity index (χ1) is 6.56. The van der Waals surface area contributed by atoms with Crippen LogP contribution in [0.4, 0.5) is 0 Å². The lowest BCUT2D eigenvalue weighted by atomic mass is 9.86. The average molecular weight is 198 g/mol. The predicted octanol–water partition coefficient (Wildman–Crippen LogP) is 1.96. The molecule has 2 heteroatoms. The van der Waals surface area contributed by atoms with Crippen LogP contribution < -0.4 is 5.32 Å². The number of nitrogens with zero attached hydrogens (tertiary/aromatic N) is 1. The summed E-state index contributed by atoms with van der Waals surface area (Å²) in [6.07, 6.45) is 1.30. The van der Waals surface area contributed by atoms with Gasteiger partial charge in [-0.1, -0.05) is 20.8 Å². The maximum absolute atomic E-state index is 3.43. The number of hydrogen-bond acceptors (Lipinski definition) is 2. The van der Waals surface area contributed by atoms with E-state index in [4.69, 9.17) is 0 Å². The molecule has 0 aromatic rings. The van der Waals surface area contributed by atoms with Gasteiger partial charge in [0.1, 0.15) is 0 Å². The third kappa shape index (κ3) is 2.71. The van der Waals surface area contributed by atoms with Crippen molar-refractivity contribution in [3.05, 3.63) is 0 Å². The molecule has 0 amide bonds. The van der Waals surface area contributed by atoms with Crippen LogP contribution in [0, 0.1) is 11.8 Å². The second-order valence-electron chi connectivity index (χ2n) is 5.17. The number of hydrogen-bond donors (Lipinski definition) is 1. The minimum absolute atomic E-state index is 0.716. The van der Waals surface area contributed by atoms with Crippen molar-refractivity contribution in [2.45, 2.75) is 46.2 Å². The lowest BCUT2D eigenvalue weighted by molar-refractivity contribution is 0.0772. The second-order valence-corrected chi connectivity index (χ2v) is 5.17. The van der Waals surface area contributed by atoms with E-state index in [9.17, 15) is 0 Å². The molecule has 1 saturated heterocycles. The molecule has 3 unspecified atom stereocenters. The molecule has 1 heterocycles. The molecule has 0 aromatic carbocycles. The standard InChI is InChI=1S/C12H26N2/c1-9(2)8-14-7-6-12(13-5)10(3)11(14)4/h9-13H,6-8H2,1-5H3. The average Bonchev–Trinajstić information content (AvgIpc) is 2.13. The van der Waals surface area contributed by atoms with E-state index in [-0.39, 0.29) is 0 Å². The molecule has 1 N–H and O–H groups in total. The van der Waals surface area contributed by atoms with Gasteiger partial charge in [-0.3, -0.25) is 0 Å². The Morgan fingerprint density at radius 3 is 2.50 bits per heavy atom. The van der Waals surface area contributed by atoms with Crippen molar-refractivity contribution in [2.24, 2.45) is 11.8 Å². The third-order valence-corrected chi connectivity index (χ3v) is 3.67. The van der Waals surface area contributed by atoms with E-state index in [0.29, 0.717) is 6.04 Å². The Morgan fingerprint density at radius 2 is 2.00 bits per heavy atom. The first-order valence-electron chi connectivity index (χ1n) is 5.97. The van der Waals surface area contributed by atoms with Crippen LogP contribution in [0.2, 0.25) is 0 Å². The normalized spacial score (nSPS) is 35.1. The summed E-state index contributed by atoms with van der Waals surface area (Å²) in [6.45, 7) is 11.9. The van der Waals surface area contributed by atoms with Crippen molar-refractivity contribution in [1.82, 2.24) is 10.2 Å². The van der Waals surface area contributed by atoms with Crippen LogP contribution in [-0.2, 0) is 0 Å². The maximum atomic E-state index is 3.43. The van der Waals surface area contributed by atoms with Crippen molar-refractivity contribution in [2.75, 3.05) is 20.1 Å². The molecule has 1 aliphatic heterocycles. The number of rotatable bonds is 3. The molecule has 1 fully saturated rings. The lowest BCUT2D eigenvalue weighted by Crippen LogP contribution is -2.53. The van der Waals surface area contributed by atoms with Gasteiger partial charge < -0.3 is 10.2 Å². The minimum atomic E-state index is 0.716. The van der Waals surface area contributed by atoms with E-state index in [1.54, 1.807) is 0 Å². The number of likely N-dealkylation sites (tertiary alicyclic amines) is 1. The fraction of sp³-hybridized carbons (Fsp3) is 1.00. The van der Waals surface area contributed by atoms with E-state index < -0.39 is 0 Å². The fourth-order valence-electron chi connectivity index (χ4n) is 2.57. The van der Waals surface area contributed by atoms with Crippen LogP contribution in [-0.4, -0.2) is 37.1 Å². The van der Waals surface area contributed by atoms with Gasteiger partial charge in [0.05, 0.1) is 0 Å². The topological polar surface area (TPSA) is 15.3 Å². The van der Waals surface area contributed by atoms with Crippen LogP contribution in [0.5, 0.6) is 0 Å². The van der Waals surface area contributed by atoms with E-state index in [1.807, 2.05) is 0 Å². The summed E-state index contributed by atoms with van der Waals surface area (Å²) in [7, 11) is 2.09. The molecule has 0 spiro atoms. The second kappa shape index (κ2) is 5.13. The molecule has 3 atom stereocenters. The highest BCUT2D eigenvalue weighted by molar-refractivity contribution is 4.88. The zero-order chi connectivity index (χ0) is 10.7. The first kappa shape index (κ1) is 12.0. The quantitative estimate of drug-likeness (QED) is 0.746. The highest BCUT2D eigenvalue weighted by Gasteiger charge is 2.31. The highest BCUT2D eigenvalue weighted by Crippen LogP contribution is 2.23. The van der Waals surface area contributed by atoms with Crippen LogP contribution >= 0.6 is 0 Å². The predicted molar refractivity (Wildman–Crippen MR) is 62.5 cm³/mol. The largest absolute Gasteiger partial charge is 0.317 e. The van der Waals surface area contributed by atoms with Gasteiger partial charge in [-0.2, -0.15) is 0 Å². The first-order valence-corrected chi connectivity index (χ1v) is 5.97. The van der Waals surface area contributed by atoms with E-state index in [2.05, 4.69) is 45.0 Å².